The summed E-state index contributed by atoms with van der Waals surface area (Å²) in [7, 11) is 0. The molecule has 0 N–H and O–H groups in total. The number of anilines is 1. The van der Waals surface area contributed by atoms with Crippen molar-refractivity contribution in [1.29, 1.82) is 0 Å². The van der Waals surface area contributed by atoms with Gasteiger partial charge in [0, 0.05) is 36.6 Å². The zero-order valence-corrected chi connectivity index (χ0v) is 21.1. The van der Waals surface area contributed by atoms with Gasteiger partial charge in [-0.2, -0.15) is 0 Å². The fourth-order valence-corrected chi connectivity index (χ4v) is 6.10. The van der Waals surface area contributed by atoms with Crippen LogP contribution >= 0.6 is 0 Å². The third-order valence-electron chi connectivity index (χ3n) is 7.87. The van der Waals surface area contributed by atoms with Crippen LogP contribution in [0.15, 0.2) is 53.1 Å². The van der Waals surface area contributed by atoms with Crippen molar-refractivity contribution < 1.29 is 18.1 Å². The van der Waals surface area contributed by atoms with E-state index in [2.05, 4.69) is 9.72 Å². The van der Waals surface area contributed by atoms with E-state index < -0.39 is 5.92 Å². The van der Waals surface area contributed by atoms with Gasteiger partial charge in [0.15, 0.2) is 0 Å². The summed E-state index contributed by atoms with van der Waals surface area (Å²) in [5.74, 6) is -1.05. The van der Waals surface area contributed by atoms with Crippen LogP contribution in [0.5, 0.6) is 0 Å². The van der Waals surface area contributed by atoms with Gasteiger partial charge in [0.05, 0.1) is 22.8 Å². The minimum Gasteiger partial charge on any atom is -0.361 e. The fourth-order valence-electron chi connectivity index (χ4n) is 6.10. The Kier molecular flexibility index (Phi) is 5.85. The average Bonchev–Trinajstić information content (AvgIpc) is 3.43. The maximum Gasteiger partial charge on any atom is 0.248 e. The number of fused-ring (bicyclic) bond motifs is 1. The van der Waals surface area contributed by atoms with Gasteiger partial charge in [-0.1, -0.05) is 29.4 Å². The van der Waals surface area contributed by atoms with Gasteiger partial charge >= 0.3 is 0 Å². The van der Waals surface area contributed by atoms with Crippen molar-refractivity contribution in [1.82, 2.24) is 14.7 Å². The number of hydrogen-bond acceptors (Lipinski definition) is 4. The largest absolute Gasteiger partial charge is 0.361 e. The molecule has 1 unspecified atom stereocenters. The number of imidazole rings is 1. The minimum absolute atomic E-state index is 0.0626. The van der Waals surface area contributed by atoms with Crippen LogP contribution in [-0.4, -0.2) is 26.5 Å². The SMILES string of the molecule is Cc1noc(C)c1-c1ccc2c(c1)nc(C1CCCC(=O)N1c1ccccc1)n2C1CCC(F)(F)CC1. The van der Waals surface area contributed by atoms with E-state index in [1.54, 1.807) is 0 Å². The number of nitrogens with zero attached hydrogens (tertiary/aromatic N) is 4. The van der Waals surface area contributed by atoms with Crippen LogP contribution in [-0.2, 0) is 4.79 Å². The summed E-state index contributed by atoms with van der Waals surface area (Å²) in [4.78, 5) is 20.2. The molecule has 3 heterocycles. The van der Waals surface area contributed by atoms with Crippen LogP contribution in [0.4, 0.5) is 14.5 Å². The van der Waals surface area contributed by atoms with Crippen LogP contribution in [0, 0.1) is 13.8 Å². The molecule has 1 aliphatic heterocycles. The number of halogens is 2. The summed E-state index contributed by atoms with van der Waals surface area (Å²) in [5.41, 5.74) is 5.23. The second-order valence-corrected chi connectivity index (χ2v) is 10.3. The minimum atomic E-state index is -2.62. The Morgan fingerprint density at radius 1 is 1.03 bits per heavy atom. The molecule has 0 bridgehead atoms. The molecule has 0 spiro atoms. The molecule has 0 radical (unpaired) electrons. The van der Waals surface area contributed by atoms with Crippen LogP contribution in [0.2, 0.25) is 0 Å². The molecule has 192 valence electrons. The summed E-state index contributed by atoms with van der Waals surface area (Å²) in [6.45, 7) is 3.80. The third kappa shape index (κ3) is 4.22. The van der Waals surface area contributed by atoms with E-state index >= 15 is 0 Å². The van der Waals surface area contributed by atoms with Crippen LogP contribution in [0.3, 0.4) is 0 Å². The molecule has 37 heavy (non-hydrogen) atoms. The monoisotopic (exact) mass is 504 g/mol. The van der Waals surface area contributed by atoms with Gasteiger partial charge < -0.3 is 14.0 Å². The predicted octanol–water partition coefficient (Wildman–Crippen LogP) is 7.32. The number of rotatable bonds is 4. The highest BCUT2D eigenvalue weighted by Crippen LogP contribution is 2.44. The van der Waals surface area contributed by atoms with Gasteiger partial charge in [0.25, 0.3) is 0 Å². The lowest BCUT2D eigenvalue weighted by Gasteiger charge is -2.37. The van der Waals surface area contributed by atoms with Crippen molar-refractivity contribution in [2.75, 3.05) is 4.90 Å². The Morgan fingerprint density at radius 2 is 1.78 bits per heavy atom. The summed E-state index contributed by atoms with van der Waals surface area (Å²) >= 11 is 0. The molecular formula is C29H30F2N4O2. The van der Waals surface area contributed by atoms with Gasteiger partial charge in [-0.15, -0.1) is 0 Å². The first-order chi connectivity index (χ1) is 17.8. The lowest BCUT2D eigenvalue weighted by Crippen LogP contribution is -2.40. The quantitative estimate of drug-likeness (QED) is 0.292. The van der Waals surface area contributed by atoms with Crippen molar-refractivity contribution in [2.45, 2.75) is 76.8 Å². The first-order valence-electron chi connectivity index (χ1n) is 13.0. The highest BCUT2D eigenvalue weighted by molar-refractivity contribution is 5.95. The number of hydrogen-bond donors (Lipinski definition) is 0. The molecule has 1 atom stereocenters. The number of benzene rings is 2. The highest BCUT2D eigenvalue weighted by Gasteiger charge is 2.39. The second kappa shape index (κ2) is 9.08. The van der Waals surface area contributed by atoms with E-state index in [9.17, 15) is 13.6 Å². The van der Waals surface area contributed by atoms with Crippen LogP contribution in [0.1, 0.15) is 74.3 Å². The first kappa shape index (κ1) is 23.8. The Hall–Kier alpha value is -3.55. The normalized spacial score (nSPS) is 20.6. The number of carbonyl (C=O) groups is 1. The smallest absolute Gasteiger partial charge is 0.248 e. The van der Waals surface area contributed by atoms with Crippen molar-refractivity contribution in [3.63, 3.8) is 0 Å². The lowest BCUT2D eigenvalue weighted by molar-refractivity contribution is -0.120. The average molecular weight is 505 g/mol. The number of piperidine rings is 1. The molecule has 2 aromatic carbocycles. The molecule has 2 aromatic heterocycles. The topological polar surface area (TPSA) is 64.2 Å². The zero-order chi connectivity index (χ0) is 25.7. The van der Waals surface area contributed by atoms with E-state index in [0.717, 1.165) is 58.0 Å². The number of para-hydroxylation sites is 1. The highest BCUT2D eigenvalue weighted by atomic mass is 19.3. The van der Waals surface area contributed by atoms with Gasteiger partial charge in [0.2, 0.25) is 11.8 Å². The van der Waals surface area contributed by atoms with Crippen molar-refractivity contribution in [2.24, 2.45) is 0 Å². The molecule has 1 aliphatic carbocycles. The summed E-state index contributed by atoms with van der Waals surface area (Å²) in [5, 5.41) is 4.09. The number of alkyl halides is 2. The molecule has 4 aromatic rings. The van der Waals surface area contributed by atoms with Gasteiger partial charge in [-0.25, -0.2) is 13.8 Å². The maximum atomic E-state index is 14.1. The zero-order valence-electron chi connectivity index (χ0n) is 21.1. The molecule has 2 aliphatic rings. The van der Waals surface area contributed by atoms with Crippen molar-refractivity contribution in [3.8, 4) is 11.1 Å². The van der Waals surface area contributed by atoms with E-state index in [4.69, 9.17) is 9.51 Å². The summed E-state index contributed by atoms with van der Waals surface area (Å²) < 4.78 is 35.8. The number of aromatic nitrogens is 3. The van der Waals surface area contributed by atoms with Gasteiger partial charge in [-0.3, -0.25) is 4.79 Å². The molecule has 6 rings (SSSR count). The van der Waals surface area contributed by atoms with E-state index in [1.807, 2.05) is 67.3 Å². The van der Waals surface area contributed by atoms with E-state index in [-0.39, 0.29) is 30.8 Å². The molecule has 1 saturated carbocycles. The Morgan fingerprint density at radius 3 is 2.49 bits per heavy atom. The lowest BCUT2D eigenvalue weighted by atomic mass is 9.91. The summed E-state index contributed by atoms with van der Waals surface area (Å²) in [6, 6.07) is 15.4. The van der Waals surface area contributed by atoms with Crippen LogP contribution < -0.4 is 4.90 Å². The maximum absolute atomic E-state index is 14.1. The molecule has 2 fully saturated rings. The van der Waals surface area contributed by atoms with Gasteiger partial charge in [0.1, 0.15) is 11.6 Å². The Bertz CT molecular complexity index is 1430. The molecular weight excluding hydrogens is 474 g/mol. The first-order valence-corrected chi connectivity index (χ1v) is 13.0. The third-order valence-corrected chi connectivity index (χ3v) is 7.87. The second-order valence-electron chi connectivity index (χ2n) is 10.3. The van der Waals surface area contributed by atoms with E-state index in [1.165, 1.54) is 0 Å². The predicted molar refractivity (Wildman–Crippen MR) is 138 cm³/mol. The Labute approximate surface area is 214 Å². The molecule has 8 heteroatoms. The fraction of sp³-hybridized carbons (Fsp3) is 0.414. The number of aryl methyl sites for hydroxylation is 2. The molecule has 1 amide bonds. The molecule has 1 saturated heterocycles. The van der Waals surface area contributed by atoms with Gasteiger partial charge in [-0.05, 0) is 69.4 Å². The van der Waals surface area contributed by atoms with Crippen molar-refractivity contribution >= 4 is 22.6 Å². The standard InChI is InChI=1S/C29H30F2N4O2/c1-18-27(19(2)37-33-18)20-11-12-24-23(17-20)32-28(35(24)22-13-15-29(30,31)16-14-22)25-9-6-10-26(36)34(25)21-7-4-3-5-8-21/h3-5,7-8,11-12,17,22,25H,6,9-10,13-16H2,1-2H3. The van der Waals surface area contributed by atoms with Crippen LogP contribution in [0.25, 0.3) is 22.2 Å². The van der Waals surface area contributed by atoms with E-state index in [0.29, 0.717) is 19.3 Å². The number of carbonyl (C=O) groups excluding carboxylic acids is 1. The summed E-state index contributed by atoms with van der Waals surface area (Å²) in [6.07, 6.45) is 2.50. The Balaban J connectivity index is 1.51. The number of amides is 1. The molecule has 6 nitrogen and oxygen atoms in total. The van der Waals surface area contributed by atoms with Crippen molar-refractivity contribution in [3.05, 3.63) is 65.8 Å².